The van der Waals surface area contributed by atoms with Crippen molar-refractivity contribution in [2.24, 2.45) is 0 Å². The third kappa shape index (κ3) is 31.6. The Morgan fingerprint density at radius 2 is 1.20 bits per heavy atom. The number of aliphatic hydroxyl groups is 2. The van der Waals surface area contributed by atoms with Crippen molar-refractivity contribution in [3.8, 4) is 0 Å². The molecule has 0 bridgehead atoms. The molecule has 8 heteroatoms. The van der Waals surface area contributed by atoms with Crippen molar-refractivity contribution in [1.29, 1.82) is 0 Å². The van der Waals surface area contributed by atoms with Gasteiger partial charge in [-0.05, 0) is 6.42 Å². The molecule has 0 heterocycles. The average Bonchev–Trinajstić information content (AvgIpc) is 2.16. The predicted molar refractivity (Wildman–Crippen MR) is 52.8 cm³/mol. The Balaban J connectivity index is 0. The Hall–Kier alpha value is -0.215. The van der Waals surface area contributed by atoms with Crippen LogP contribution in [0.1, 0.15) is 6.42 Å². The first kappa shape index (κ1) is 17.2. The number of ether oxygens (including phenoxy) is 2. The van der Waals surface area contributed by atoms with Crippen LogP contribution >= 0.6 is 0 Å². The summed E-state index contributed by atoms with van der Waals surface area (Å²) in [6, 6.07) is 0. The van der Waals surface area contributed by atoms with Crippen molar-refractivity contribution in [3.05, 3.63) is 0 Å². The standard InChI is InChI=1S/C7H16O4.BH3O3/c8-2-1-4-10-6-7-11-5-3-9;2-1(3)4/h8-9H,1-7H2;2-4H. The van der Waals surface area contributed by atoms with Crippen molar-refractivity contribution < 1.29 is 34.8 Å². The Bertz CT molecular complexity index is 92.6. The van der Waals surface area contributed by atoms with Crippen LogP contribution in [0.5, 0.6) is 0 Å². The lowest BCUT2D eigenvalue weighted by Crippen LogP contribution is -2.08. The zero-order valence-electron chi connectivity index (χ0n) is 8.58. The van der Waals surface area contributed by atoms with Crippen molar-refractivity contribution in [2.45, 2.75) is 6.42 Å². The van der Waals surface area contributed by atoms with Crippen molar-refractivity contribution >= 4 is 7.32 Å². The van der Waals surface area contributed by atoms with E-state index in [-0.39, 0.29) is 13.2 Å². The Kier molecular flexibility index (Phi) is 18.6. The second-order valence-electron chi connectivity index (χ2n) is 2.37. The molecule has 0 saturated carbocycles. The topological polar surface area (TPSA) is 120 Å². The van der Waals surface area contributed by atoms with Gasteiger partial charge in [0.15, 0.2) is 0 Å². The predicted octanol–water partition coefficient (Wildman–Crippen LogP) is -2.66. The Morgan fingerprint density at radius 3 is 1.60 bits per heavy atom. The lowest BCUT2D eigenvalue weighted by Gasteiger charge is -2.02. The molecule has 0 atom stereocenters. The number of rotatable bonds is 8. The Morgan fingerprint density at radius 1 is 0.733 bits per heavy atom. The van der Waals surface area contributed by atoms with Crippen LogP contribution in [-0.4, -0.2) is 72.2 Å². The first-order valence-corrected chi connectivity index (χ1v) is 4.56. The maximum atomic E-state index is 8.36. The molecule has 92 valence electrons. The van der Waals surface area contributed by atoms with Gasteiger partial charge < -0.3 is 34.8 Å². The van der Waals surface area contributed by atoms with Crippen LogP contribution in [0, 0.1) is 0 Å². The second kappa shape index (κ2) is 16.2. The van der Waals surface area contributed by atoms with Gasteiger partial charge in [0.2, 0.25) is 0 Å². The van der Waals surface area contributed by atoms with E-state index in [2.05, 4.69) is 0 Å². The molecule has 0 rings (SSSR count). The van der Waals surface area contributed by atoms with Crippen LogP contribution in [0.25, 0.3) is 0 Å². The molecule has 0 aromatic carbocycles. The van der Waals surface area contributed by atoms with Crippen LogP contribution < -0.4 is 0 Å². The molecule has 15 heavy (non-hydrogen) atoms. The first-order chi connectivity index (χ1) is 7.15. The zero-order valence-corrected chi connectivity index (χ0v) is 8.58. The molecule has 0 aliphatic rings. The van der Waals surface area contributed by atoms with Gasteiger partial charge in [0, 0.05) is 13.2 Å². The third-order valence-electron chi connectivity index (χ3n) is 1.05. The molecule has 0 saturated heterocycles. The van der Waals surface area contributed by atoms with E-state index in [1.165, 1.54) is 0 Å². The van der Waals surface area contributed by atoms with E-state index in [1.807, 2.05) is 0 Å². The lowest BCUT2D eigenvalue weighted by molar-refractivity contribution is 0.0295. The zero-order chi connectivity index (χ0) is 11.9. The highest BCUT2D eigenvalue weighted by Crippen LogP contribution is 1.81. The van der Waals surface area contributed by atoms with Crippen LogP contribution in [0.4, 0.5) is 0 Å². The molecule has 0 aliphatic heterocycles. The molecule has 0 radical (unpaired) electrons. The molecule has 0 aliphatic carbocycles. The van der Waals surface area contributed by atoms with E-state index >= 15 is 0 Å². The van der Waals surface area contributed by atoms with Gasteiger partial charge >= 0.3 is 7.32 Å². The van der Waals surface area contributed by atoms with Crippen molar-refractivity contribution in [3.63, 3.8) is 0 Å². The van der Waals surface area contributed by atoms with E-state index < -0.39 is 7.32 Å². The smallest absolute Gasteiger partial charge is 0.402 e. The van der Waals surface area contributed by atoms with Gasteiger partial charge in [-0.1, -0.05) is 0 Å². The van der Waals surface area contributed by atoms with E-state index in [9.17, 15) is 0 Å². The highest BCUT2D eigenvalue weighted by molar-refractivity contribution is 6.30. The van der Waals surface area contributed by atoms with E-state index in [0.29, 0.717) is 32.8 Å². The quantitative estimate of drug-likeness (QED) is 0.226. The maximum Gasteiger partial charge on any atom is 0.631 e. The average molecular weight is 226 g/mol. The molecule has 0 aromatic heterocycles. The molecule has 5 N–H and O–H groups in total. The lowest BCUT2D eigenvalue weighted by atomic mass is 10.3. The fourth-order valence-electron chi connectivity index (χ4n) is 0.553. The highest BCUT2D eigenvalue weighted by atomic mass is 16.5. The van der Waals surface area contributed by atoms with Crippen LogP contribution in [0.2, 0.25) is 0 Å². The second-order valence-corrected chi connectivity index (χ2v) is 2.37. The summed E-state index contributed by atoms with van der Waals surface area (Å²) in [4.78, 5) is 0. The van der Waals surface area contributed by atoms with Gasteiger partial charge in [-0.25, -0.2) is 0 Å². The number of hydrogen-bond donors (Lipinski definition) is 5. The largest absolute Gasteiger partial charge is 0.631 e. The minimum Gasteiger partial charge on any atom is -0.402 e. The summed E-state index contributed by atoms with van der Waals surface area (Å²) in [5, 5.41) is 38.2. The minimum atomic E-state index is -2.17. The van der Waals surface area contributed by atoms with E-state index in [1.54, 1.807) is 0 Å². The SMILES string of the molecule is OB(O)O.OCCCOCCOCCO. The monoisotopic (exact) mass is 226 g/mol. The van der Waals surface area contributed by atoms with Crippen LogP contribution in [-0.2, 0) is 9.47 Å². The fourth-order valence-corrected chi connectivity index (χ4v) is 0.553. The minimum absolute atomic E-state index is 0.0522. The Labute approximate surface area is 89.1 Å². The highest BCUT2D eigenvalue weighted by Gasteiger charge is 1.92. The van der Waals surface area contributed by atoms with Gasteiger partial charge in [-0.2, -0.15) is 0 Å². The summed E-state index contributed by atoms with van der Waals surface area (Å²) in [6.07, 6.45) is 0.667. The summed E-state index contributed by atoms with van der Waals surface area (Å²) in [6.45, 7) is 2.18. The molecule has 7 nitrogen and oxygen atoms in total. The number of hydrogen-bond acceptors (Lipinski definition) is 7. The van der Waals surface area contributed by atoms with Gasteiger partial charge in [0.25, 0.3) is 0 Å². The van der Waals surface area contributed by atoms with Gasteiger partial charge in [-0.3, -0.25) is 0 Å². The normalized spacial score (nSPS) is 9.40. The fraction of sp³-hybridized carbons (Fsp3) is 1.00. The summed E-state index contributed by atoms with van der Waals surface area (Å²) >= 11 is 0. The summed E-state index contributed by atoms with van der Waals surface area (Å²) in [5.74, 6) is 0. The van der Waals surface area contributed by atoms with Crippen LogP contribution in [0.3, 0.4) is 0 Å². The summed E-state index contributed by atoms with van der Waals surface area (Å²) in [5.41, 5.74) is 0. The third-order valence-corrected chi connectivity index (χ3v) is 1.05. The number of aliphatic hydroxyl groups excluding tert-OH is 2. The molecular formula is C7H19BO7. The van der Waals surface area contributed by atoms with Crippen molar-refractivity contribution in [2.75, 3.05) is 39.6 Å². The van der Waals surface area contributed by atoms with E-state index in [0.717, 1.165) is 0 Å². The van der Waals surface area contributed by atoms with Crippen molar-refractivity contribution in [1.82, 2.24) is 0 Å². The molecule has 0 amide bonds. The van der Waals surface area contributed by atoms with Gasteiger partial charge in [0.1, 0.15) is 0 Å². The van der Waals surface area contributed by atoms with Crippen LogP contribution in [0.15, 0.2) is 0 Å². The molecule has 0 fully saturated rings. The summed E-state index contributed by atoms with van der Waals surface area (Å²) < 4.78 is 9.98. The molecule has 0 spiro atoms. The summed E-state index contributed by atoms with van der Waals surface area (Å²) in [7, 11) is -2.17. The first-order valence-electron chi connectivity index (χ1n) is 4.56. The molecule has 0 aromatic rings. The van der Waals surface area contributed by atoms with E-state index in [4.69, 9.17) is 34.8 Å². The van der Waals surface area contributed by atoms with Gasteiger partial charge in [-0.15, -0.1) is 0 Å². The maximum absolute atomic E-state index is 8.36. The van der Waals surface area contributed by atoms with Gasteiger partial charge in [0.05, 0.1) is 26.4 Å². The molecular weight excluding hydrogens is 207 g/mol. The molecule has 0 unspecified atom stereocenters.